The summed E-state index contributed by atoms with van der Waals surface area (Å²) in [4.78, 5) is 2.71. The number of rotatable bonds is 0. The van der Waals surface area contributed by atoms with Crippen molar-refractivity contribution in [2.45, 2.75) is 45.1 Å². The minimum absolute atomic E-state index is 0.604. The van der Waals surface area contributed by atoms with E-state index in [1.54, 1.807) is 0 Å². The molecule has 0 spiro atoms. The lowest BCUT2D eigenvalue weighted by atomic mass is 9.84. The second kappa shape index (κ2) is 2.48. The molecule has 64 valence electrons. The zero-order valence-corrected chi connectivity index (χ0v) is 7.77. The Bertz CT molecular complexity index is 155. The molecule has 2 saturated heterocycles. The fourth-order valence-corrected chi connectivity index (χ4v) is 2.70. The maximum absolute atomic E-state index is 2.71. The van der Waals surface area contributed by atoms with Gasteiger partial charge in [-0.1, -0.05) is 6.92 Å². The average molecular weight is 153 g/mol. The van der Waals surface area contributed by atoms with E-state index in [-0.39, 0.29) is 0 Å². The van der Waals surface area contributed by atoms with Crippen molar-refractivity contribution in [1.29, 1.82) is 0 Å². The first kappa shape index (κ1) is 7.60. The Labute approximate surface area is 69.8 Å². The van der Waals surface area contributed by atoms with Crippen LogP contribution >= 0.6 is 0 Å². The van der Waals surface area contributed by atoms with Crippen molar-refractivity contribution in [2.75, 3.05) is 13.1 Å². The Morgan fingerprint density at radius 3 is 3.00 bits per heavy atom. The van der Waals surface area contributed by atoms with Crippen LogP contribution in [0.25, 0.3) is 0 Å². The highest BCUT2D eigenvalue weighted by Gasteiger charge is 2.39. The maximum Gasteiger partial charge on any atom is 0.0182 e. The minimum atomic E-state index is 0.604. The van der Waals surface area contributed by atoms with Crippen LogP contribution in [0.1, 0.15) is 39.5 Å². The average Bonchev–Trinajstić information content (AvgIpc) is 2.31. The van der Waals surface area contributed by atoms with Gasteiger partial charge in [0.1, 0.15) is 0 Å². The van der Waals surface area contributed by atoms with Gasteiger partial charge in [-0.2, -0.15) is 0 Å². The van der Waals surface area contributed by atoms with Crippen LogP contribution in [0.4, 0.5) is 0 Å². The summed E-state index contributed by atoms with van der Waals surface area (Å²) in [6.45, 7) is 7.56. The van der Waals surface area contributed by atoms with E-state index in [0.29, 0.717) is 5.54 Å². The van der Waals surface area contributed by atoms with Crippen LogP contribution in [0.15, 0.2) is 0 Å². The van der Waals surface area contributed by atoms with Crippen molar-refractivity contribution < 1.29 is 0 Å². The highest BCUT2D eigenvalue weighted by atomic mass is 15.2. The van der Waals surface area contributed by atoms with E-state index in [9.17, 15) is 0 Å². The van der Waals surface area contributed by atoms with E-state index in [1.165, 1.54) is 38.8 Å². The Kier molecular flexibility index (Phi) is 1.71. The van der Waals surface area contributed by atoms with Crippen molar-refractivity contribution in [3.05, 3.63) is 0 Å². The second-order valence-electron chi connectivity index (χ2n) is 4.69. The summed E-state index contributed by atoms with van der Waals surface area (Å²) in [5.41, 5.74) is 0.604. The molecular formula is C10H19N. The van der Waals surface area contributed by atoms with Gasteiger partial charge in [0.15, 0.2) is 0 Å². The molecule has 2 rings (SSSR count). The molecule has 2 unspecified atom stereocenters. The Morgan fingerprint density at radius 2 is 2.18 bits per heavy atom. The van der Waals surface area contributed by atoms with Crippen LogP contribution in [0.5, 0.6) is 0 Å². The molecule has 0 radical (unpaired) electrons. The zero-order chi connectivity index (χ0) is 7.90. The van der Waals surface area contributed by atoms with Gasteiger partial charge < -0.3 is 0 Å². The molecule has 1 heteroatoms. The molecule has 2 atom stereocenters. The van der Waals surface area contributed by atoms with E-state index in [4.69, 9.17) is 0 Å². The first-order valence-corrected chi connectivity index (χ1v) is 4.96. The van der Waals surface area contributed by atoms with Crippen LogP contribution in [0.3, 0.4) is 0 Å². The topological polar surface area (TPSA) is 3.24 Å². The third-order valence-corrected chi connectivity index (χ3v) is 3.61. The van der Waals surface area contributed by atoms with E-state index < -0.39 is 0 Å². The third kappa shape index (κ3) is 1.20. The van der Waals surface area contributed by atoms with Crippen LogP contribution in [0, 0.1) is 5.92 Å². The largest absolute Gasteiger partial charge is 0.298 e. The summed E-state index contributed by atoms with van der Waals surface area (Å²) in [5.74, 6) is 0.946. The number of hydrogen-bond donors (Lipinski definition) is 0. The van der Waals surface area contributed by atoms with Crippen LogP contribution < -0.4 is 0 Å². The summed E-state index contributed by atoms with van der Waals surface area (Å²) < 4.78 is 0. The molecule has 1 nitrogen and oxygen atoms in total. The number of nitrogens with zero attached hydrogens (tertiary/aromatic N) is 1. The lowest BCUT2D eigenvalue weighted by Gasteiger charge is -2.42. The van der Waals surface area contributed by atoms with Crippen LogP contribution in [0.2, 0.25) is 0 Å². The molecule has 2 aliphatic heterocycles. The normalized spacial score (nSPS) is 45.8. The fourth-order valence-electron chi connectivity index (χ4n) is 2.70. The number of fused-ring (bicyclic) bond motifs is 1. The summed E-state index contributed by atoms with van der Waals surface area (Å²) in [6.07, 6.45) is 5.77. The fraction of sp³-hybridized carbons (Fsp3) is 1.00. The molecule has 0 amide bonds. The van der Waals surface area contributed by atoms with Crippen molar-refractivity contribution in [3.63, 3.8) is 0 Å². The Morgan fingerprint density at radius 1 is 1.36 bits per heavy atom. The number of hydrogen-bond acceptors (Lipinski definition) is 1. The van der Waals surface area contributed by atoms with Gasteiger partial charge in [-0.15, -0.1) is 0 Å². The van der Waals surface area contributed by atoms with Crippen molar-refractivity contribution in [1.82, 2.24) is 4.90 Å². The minimum Gasteiger partial charge on any atom is -0.298 e. The first-order valence-electron chi connectivity index (χ1n) is 4.96. The molecule has 0 N–H and O–H groups in total. The molecule has 2 fully saturated rings. The predicted octanol–water partition coefficient (Wildman–Crippen LogP) is 2.27. The van der Waals surface area contributed by atoms with Gasteiger partial charge in [-0.3, -0.25) is 4.90 Å². The SMILES string of the molecule is CC1CCC2(C)CCCN2C1. The van der Waals surface area contributed by atoms with E-state index >= 15 is 0 Å². The molecule has 0 bridgehead atoms. The molecule has 0 aliphatic carbocycles. The van der Waals surface area contributed by atoms with Crippen molar-refractivity contribution in [2.24, 2.45) is 5.92 Å². The Hall–Kier alpha value is -0.0400. The predicted molar refractivity (Wildman–Crippen MR) is 47.6 cm³/mol. The standard InChI is InChI=1S/C10H19N/c1-9-4-6-10(2)5-3-7-11(10)8-9/h9H,3-8H2,1-2H3. The summed E-state index contributed by atoms with van der Waals surface area (Å²) in [6, 6.07) is 0. The van der Waals surface area contributed by atoms with Gasteiger partial charge in [0.2, 0.25) is 0 Å². The van der Waals surface area contributed by atoms with E-state index in [2.05, 4.69) is 18.7 Å². The quantitative estimate of drug-likeness (QED) is 0.516. The van der Waals surface area contributed by atoms with Crippen LogP contribution in [-0.4, -0.2) is 23.5 Å². The second-order valence-corrected chi connectivity index (χ2v) is 4.69. The molecule has 0 saturated carbocycles. The van der Waals surface area contributed by atoms with Gasteiger partial charge in [0, 0.05) is 12.1 Å². The molecular weight excluding hydrogens is 134 g/mol. The van der Waals surface area contributed by atoms with E-state index in [0.717, 1.165) is 5.92 Å². The lowest BCUT2D eigenvalue weighted by molar-refractivity contribution is 0.0774. The summed E-state index contributed by atoms with van der Waals surface area (Å²) in [7, 11) is 0. The summed E-state index contributed by atoms with van der Waals surface area (Å²) >= 11 is 0. The third-order valence-electron chi connectivity index (χ3n) is 3.61. The highest BCUT2D eigenvalue weighted by molar-refractivity contribution is 4.95. The Balaban J connectivity index is 2.08. The maximum atomic E-state index is 2.71. The summed E-state index contributed by atoms with van der Waals surface area (Å²) in [5, 5.41) is 0. The molecule has 2 aliphatic rings. The van der Waals surface area contributed by atoms with Crippen LogP contribution in [-0.2, 0) is 0 Å². The number of piperidine rings is 1. The zero-order valence-electron chi connectivity index (χ0n) is 7.77. The van der Waals surface area contributed by atoms with Gasteiger partial charge in [0.05, 0.1) is 0 Å². The molecule has 0 aromatic heterocycles. The molecule has 0 aromatic rings. The molecule has 2 heterocycles. The van der Waals surface area contributed by atoms with Gasteiger partial charge in [-0.05, 0) is 45.1 Å². The van der Waals surface area contributed by atoms with Gasteiger partial charge >= 0.3 is 0 Å². The van der Waals surface area contributed by atoms with Crippen molar-refractivity contribution >= 4 is 0 Å². The van der Waals surface area contributed by atoms with Gasteiger partial charge in [0.25, 0.3) is 0 Å². The lowest BCUT2D eigenvalue weighted by Crippen LogP contribution is -2.47. The smallest absolute Gasteiger partial charge is 0.0182 e. The van der Waals surface area contributed by atoms with E-state index in [1.807, 2.05) is 0 Å². The van der Waals surface area contributed by atoms with Gasteiger partial charge in [-0.25, -0.2) is 0 Å². The molecule has 11 heavy (non-hydrogen) atoms. The first-order chi connectivity index (χ1) is 5.21. The molecule has 0 aromatic carbocycles. The monoisotopic (exact) mass is 153 g/mol. The van der Waals surface area contributed by atoms with Crippen molar-refractivity contribution in [3.8, 4) is 0 Å². The highest BCUT2D eigenvalue weighted by Crippen LogP contribution is 2.38.